The molecular formula is C11H17O3P. The Hall–Kier alpha value is -0.810. The molecule has 0 aromatic rings. The molecule has 0 N–H and O–H groups in total. The molecule has 0 aromatic heterocycles. The molecule has 0 aliphatic heterocycles. The van der Waals surface area contributed by atoms with Crippen LogP contribution >= 0.6 is 8.25 Å². The lowest BCUT2D eigenvalue weighted by molar-refractivity contribution is 0.247. The summed E-state index contributed by atoms with van der Waals surface area (Å²) in [4.78, 5) is 0. The zero-order valence-electron chi connectivity index (χ0n) is 8.83. The third-order valence-electron chi connectivity index (χ3n) is 1.40. The van der Waals surface area contributed by atoms with Gasteiger partial charge in [-0.25, -0.2) is 0 Å². The largest absolute Gasteiger partial charge is 0.320 e. The van der Waals surface area contributed by atoms with Crippen molar-refractivity contribution in [3.05, 3.63) is 25.3 Å². The Balaban J connectivity index is 3.39. The van der Waals surface area contributed by atoms with Gasteiger partial charge in [0.25, 0.3) is 0 Å². The molecular weight excluding hydrogens is 211 g/mol. The highest BCUT2D eigenvalue weighted by Gasteiger charge is 1.95. The molecule has 1 unspecified atom stereocenters. The molecule has 0 saturated carbocycles. The van der Waals surface area contributed by atoms with Crippen LogP contribution in [0.4, 0.5) is 0 Å². The Kier molecular flexibility index (Phi) is 10.7. The first-order valence-electron chi connectivity index (χ1n) is 4.78. The van der Waals surface area contributed by atoms with Crippen LogP contribution < -0.4 is 0 Å². The first-order valence-corrected chi connectivity index (χ1v) is 6.00. The Morgan fingerprint density at radius 1 is 1.13 bits per heavy atom. The van der Waals surface area contributed by atoms with Crippen molar-refractivity contribution in [2.45, 2.75) is 19.3 Å². The maximum Gasteiger partial charge on any atom is 0.320 e. The van der Waals surface area contributed by atoms with Crippen LogP contribution in [0.25, 0.3) is 0 Å². The lowest BCUT2D eigenvalue weighted by Gasteiger charge is -2.00. The van der Waals surface area contributed by atoms with E-state index in [2.05, 4.69) is 25.0 Å². The highest BCUT2D eigenvalue weighted by Crippen LogP contribution is 2.22. The van der Waals surface area contributed by atoms with E-state index in [4.69, 9.17) is 9.05 Å². The first-order chi connectivity index (χ1) is 7.31. The second-order valence-electron chi connectivity index (χ2n) is 2.65. The van der Waals surface area contributed by atoms with E-state index in [0.717, 1.165) is 12.8 Å². The van der Waals surface area contributed by atoms with E-state index in [-0.39, 0.29) is 6.61 Å². The average Bonchev–Trinajstić information content (AvgIpc) is 2.23. The van der Waals surface area contributed by atoms with Crippen molar-refractivity contribution in [1.82, 2.24) is 0 Å². The zero-order valence-corrected chi connectivity index (χ0v) is 9.83. The molecule has 15 heavy (non-hydrogen) atoms. The summed E-state index contributed by atoms with van der Waals surface area (Å²) < 4.78 is 20.8. The fourth-order valence-corrected chi connectivity index (χ4v) is 1.23. The quantitative estimate of drug-likeness (QED) is 0.277. The smallest absolute Gasteiger partial charge is 0.310 e. The Bertz CT molecular complexity index is 263. The highest BCUT2D eigenvalue weighted by atomic mass is 31.1. The van der Waals surface area contributed by atoms with Gasteiger partial charge in [0.1, 0.15) is 6.61 Å². The van der Waals surface area contributed by atoms with Gasteiger partial charge in [-0.1, -0.05) is 18.1 Å². The molecule has 0 aliphatic carbocycles. The molecule has 0 saturated heterocycles. The predicted octanol–water partition coefficient (Wildman–Crippen LogP) is 2.96. The van der Waals surface area contributed by atoms with Crippen molar-refractivity contribution < 1.29 is 13.6 Å². The molecule has 84 valence electrons. The van der Waals surface area contributed by atoms with Gasteiger partial charge in [-0.2, -0.15) is 0 Å². The summed E-state index contributed by atoms with van der Waals surface area (Å²) in [5, 5.41) is 0. The van der Waals surface area contributed by atoms with Crippen LogP contribution in [0, 0.1) is 11.8 Å². The van der Waals surface area contributed by atoms with Gasteiger partial charge < -0.3 is 4.52 Å². The summed E-state index contributed by atoms with van der Waals surface area (Å²) in [5.74, 6) is 5.62. The van der Waals surface area contributed by atoms with Crippen molar-refractivity contribution in [3.63, 3.8) is 0 Å². The molecule has 0 spiro atoms. The van der Waals surface area contributed by atoms with E-state index in [1.165, 1.54) is 0 Å². The van der Waals surface area contributed by atoms with E-state index in [0.29, 0.717) is 13.0 Å². The van der Waals surface area contributed by atoms with Crippen molar-refractivity contribution in [1.29, 1.82) is 0 Å². The van der Waals surface area contributed by atoms with E-state index in [1.807, 2.05) is 0 Å². The lowest BCUT2D eigenvalue weighted by Crippen LogP contribution is -1.87. The highest BCUT2D eigenvalue weighted by molar-refractivity contribution is 7.33. The van der Waals surface area contributed by atoms with Gasteiger partial charge in [0.15, 0.2) is 0 Å². The summed E-state index contributed by atoms with van der Waals surface area (Å²) in [7, 11) is -2.38. The molecule has 0 rings (SSSR count). The lowest BCUT2D eigenvalue weighted by atomic mass is 10.3. The van der Waals surface area contributed by atoms with Crippen LogP contribution in [-0.2, 0) is 13.6 Å². The number of allylic oxidation sites excluding steroid dienone is 1. The van der Waals surface area contributed by atoms with Crippen LogP contribution in [0.2, 0.25) is 0 Å². The summed E-state index contributed by atoms with van der Waals surface area (Å²) in [6.45, 7) is 7.63. The Labute approximate surface area is 92.1 Å². The molecule has 0 amide bonds. The molecule has 0 heterocycles. The average molecular weight is 228 g/mol. The van der Waals surface area contributed by atoms with Gasteiger partial charge in [-0.15, -0.1) is 19.1 Å². The number of hydrogen-bond acceptors (Lipinski definition) is 3. The van der Waals surface area contributed by atoms with Crippen molar-refractivity contribution in [2.75, 3.05) is 13.2 Å². The molecule has 3 nitrogen and oxygen atoms in total. The summed E-state index contributed by atoms with van der Waals surface area (Å²) in [6, 6.07) is 0. The van der Waals surface area contributed by atoms with Crippen LogP contribution in [0.3, 0.4) is 0 Å². The van der Waals surface area contributed by atoms with Crippen molar-refractivity contribution in [3.8, 4) is 11.8 Å². The normalized spacial score (nSPS) is 11.2. The minimum absolute atomic E-state index is 0.156. The SMILES string of the molecule is C=CCCC#CCO[PH](=O)OCCC=C. The maximum absolute atomic E-state index is 11.0. The van der Waals surface area contributed by atoms with E-state index in [1.54, 1.807) is 12.2 Å². The number of unbranched alkanes of at least 4 members (excludes halogenated alkanes) is 1. The van der Waals surface area contributed by atoms with Crippen LogP contribution in [0.15, 0.2) is 25.3 Å². The predicted molar refractivity (Wildman–Crippen MR) is 62.9 cm³/mol. The van der Waals surface area contributed by atoms with Crippen LogP contribution in [0.5, 0.6) is 0 Å². The van der Waals surface area contributed by atoms with E-state index >= 15 is 0 Å². The van der Waals surface area contributed by atoms with Gasteiger partial charge >= 0.3 is 8.25 Å². The van der Waals surface area contributed by atoms with E-state index < -0.39 is 8.25 Å². The number of hydrogen-bond donors (Lipinski definition) is 0. The van der Waals surface area contributed by atoms with Crippen LogP contribution in [-0.4, -0.2) is 13.2 Å². The summed E-state index contributed by atoms with van der Waals surface area (Å²) >= 11 is 0. The molecule has 0 radical (unpaired) electrons. The van der Waals surface area contributed by atoms with Crippen molar-refractivity contribution in [2.24, 2.45) is 0 Å². The molecule has 0 aromatic carbocycles. The molecule has 4 heteroatoms. The zero-order chi connectivity index (χ0) is 11.4. The van der Waals surface area contributed by atoms with E-state index in [9.17, 15) is 4.57 Å². The van der Waals surface area contributed by atoms with Gasteiger partial charge in [-0.05, 0) is 12.8 Å². The van der Waals surface area contributed by atoms with Gasteiger partial charge in [0, 0.05) is 6.42 Å². The Morgan fingerprint density at radius 3 is 2.53 bits per heavy atom. The maximum atomic E-state index is 11.0. The number of rotatable bonds is 8. The molecule has 1 atom stereocenters. The standard InChI is InChI=1S/C11H17O3P/c1-3-5-7-8-9-11-14-15(12)13-10-6-4-2/h3-4,15H,1-2,5-7,10-11H2. The molecule has 0 bridgehead atoms. The monoisotopic (exact) mass is 228 g/mol. The minimum atomic E-state index is -2.38. The first kappa shape index (κ1) is 14.2. The summed E-state index contributed by atoms with van der Waals surface area (Å²) in [6.07, 6.45) is 5.79. The second-order valence-corrected chi connectivity index (χ2v) is 3.72. The van der Waals surface area contributed by atoms with Crippen molar-refractivity contribution >= 4 is 8.25 Å². The molecule has 0 aliphatic rings. The fraction of sp³-hybridized carbons (Fsp3) is 0.455. The third-order valence-corrected chi connectivity index (χ3v) is 2.22. The second kappa shape index (κ2) is 11.3. The minimum Gasteiger partial charge on any atom is -0.310 e. The van der Waals surface area contributed by atoms with Gasteiger partial charge in [0.05, 0.1) is 6.61 Å². The fourth-order valence-electron chi connectivity index (χ4n) is 0.676. The van der Waals surface area contributed by atoms with Crippen LogP contribution in [0.1, 0.15) is 19.3 Å². The third kappa shape index (κ3) is 11.1. The van der Waals surface area contributed by atoms with Gasteiger partial charge in [-0.3, -0.25) is 9.09 Å². The Morgan fingerprint density at radius 2 is 1.87 bits per heavy atom. The topological polar surface area (TPSA) is 35.5 Å². The van der Waals surface area contributed by atoms with Gasteiger partial charge in [0.2, 0.25) is 0 Å². The molecule has 0 fully saturated rings. The summed E-state index contributed by atoms with van der Waals surface area (Å²) in [5.41, 5.74) is 0.